The molecule has 2 aromatic rings. The van der Waals surface area contributed by atoms with Crippen LogP contribution in [0.1, 0.15) is 36.8 Å². The lowest BCUT2D eigenvalue weighted by atomic mass is 10.2. The van der Waals surface area contributed by atoms with Crippen molar-refractivity contribution in [2.45, 2.75) is 44.9 Å². The van der Waals surface area contributed by atoms with E-state index in [4.69, 9.17) is 9.47 Å². The van der Waals surface area contributed by atoms with Crippen LogP contribution < -0.4 is 20.1 Å². The summed E-state index contributed by atoms with van der Waals surface area (Å²) in [6.07, 6.45) is 5.05. The monoisotopic (exact) mass is 367 g/mol. The molecule has 0 aromatic heterocycles. The first-order valence-electron chi connectivity index (χ1n) is 9.59. The zero-order chi connectivity index (χ0) is 18.9. The number of ether oxygens (including phenoxy) is 2. The molecule has 5 heteroatoms. The summed E-state index contributed by atoms with van der Waals surface area (Å²) in [7, 11) is 3.48. The van der Waals surface area contributed by atoms with Gasteiger partial charge in [-0.3, -0.25) is 4.99 Å². The molecule has 0 atom stereocenters. The van der Waals surface area contributed by atoms with Gasteiger partial charge in [-0.15, -0.1) is 0 Å². The van der Waals surface area contributed by atoms with Gasteiger partial charge >= 0.3 is 0 Å². The zero-order valence-corrected chi connectivity index (χ0v) is 16.2. The second-order valence-electron chi connectivity index (χ2n) is 6.81. The van der Waals surface area contributed by atoms with Gasteiger partial charge in [-0.05, 0) is 36.1 Å². The van der Waals surface area contributed by atoms with E-state index in [1.54, 1.807) is 7.11 Å². The van der Waals surface area contributed by atoms with E-state index in [1.165, 1.54) is 25.7 Å². The molecule has 144 valence electrons. The molecule has 0 amide bonds. The topological polar surface area (TPSA) is 54.9 Å². The first-order chi connectivity index (χ1) is 13.3. The summed E-state index contributed by atoms with van der Waals surface area (Å²) in [4.78, 5) is 4.33. The summed E-state index contributed by atoms with van der Waals surface area (Å²) in [5.41, 5.74) is 2.25. The average molecular weight is 367 g/mol. The van der Waals surface area contributed by atoms with Gasteiger partial charge in [0.2, 0.25) is 0 Å². The Bertz CT molecular complexity index is 740. The maximum absolute atomic E-state index is 5.92. The molecule has 1 fully saturated rings. The van der Waals surface area contributed by atoms with Crippen LogP contribution in [0.25, 0.3) is 0 Å². The van der Waals surface area contributed by atoms with Crippen molar-refractivity contribution in [1.82, 2.24) is 10.6 Å². The normalized spacial score (nSPS) is 14.8. The fourth-order valence-corrected chi connectivity index (χ4v) is 3.32. The Morgan fingerprint density at radius 1 is 1.04 bits per heavy atom. The summed E-state index contributed by atoms with van der Waals surface area (Å²) in [5.74, 6) is 2.34. The second kappa shape index (κ2) is 9.86. The summed E-state index contributed by atoms with van der Waals surface area (Å²) in [6, 6.07) is 16.7. The third-order valence-corrected chi connectivity index (χ3v) is 4.84. The Balaban J connectivity index is 1.56. The highest BCUT2D eigenvalue weighted by Gasteiger charge is 2.16. The van der Waals surface area contributed by atoms with E-state index in [0.717, 1.165) is 28.6 Å². The molecule has 2 N–H and O–H groups in total. The summed E-state index contributed by atoms with van der Waals surface area (Å²) in [6.45, 7) is 1.20. The van der Waals surface area contributed by atoms with Crippen molar-refractivity contribution in [1.29, 1.82) is 0 Å². The van der Waals surface area contributed by atoms with Crippen LogP contribution in [-0.4, -0.2) is 26.2 Å². The molecule has 0 heterocycles. The minimum Gasteiger partial charge on any atom is -0.493 e. The van der Waals surface area contributed by atoms with Crippen LogP contribution >= 0.6 is 0 Å². The van der Waals surface area contributed by atoms with E-state index in [9.17, 15) is 0 Å². The number of rotatable bonds is 7. The lowest BCUT2D eigenvalue weighted by molar-refractivity contribution is 0.284. The van der Waals surface area contributed by atoms with Gasteiger partial charge < -0.3 is 20.1 Å². The quantitative estimate of drug-likeness (QED) is 0.576. The van der Waals surface area contributed by atoms with Crippen molar-refractivity contribution in [2.24, 2.45) is 4.99 Å². The van der Waals surface area contributed by atoms with Crippen molar-refractivity contribution >= 4 is 5.96 Å². The van der Waals surface area contributed by atoms with Gasteiger partial charge in [0.15, 0.2) is 17.5 Å². The van der Waals surface area contributed by atoms with Crippen LogP contribution in [0, 0.1) is 0 Å². The van der Waals surface area contributed by atoms with Crippen molar-refractivity contribution in [2.75, 3.05) is 14.2 Å². The Hall–Kier alpha value is -2.69. The maximum Gasteiger partial charge on any atom is 0.191 e. The third kappa shape index (κ3) is 5.64. The smallest absolute Gasteiger partial charge is 0.191 e. The number of methoxy groups -OCH3 is 1. The van der Waals surface area contributed by atoms with Crippen molar-refractivity contribution in [3.05, 3.63) is 59.7 Å². The summed E-state index contributed by atoms with van der Waals surface area (Å²) < 4.78 is 11.4. The molecule has 0 radical (unpaired) electrons. The van der Waals surface area contributed by atoms with Crippen molar-refractivity contribution in [3.8, 4) is 11.5 Å². The number of nitrogens with zero attached hydrogens (tertiary/aromatic N) is 1. The number of nitrogens with one attached hydrogen (secondary N) is 2. The summed E-state index contributed by atoms with van der Waals surface area (Å²) >= 11 is 0. The molecule has 0 unspecified atom stereocenters. The first kappa shape index (κ1) is 19.1. The van der Waals surface area contributed by atoms with Crippen molar-refractivity contribution in [3.63, 3.8) is 0 Å². The Labute approximate surface area is 161 Å². The molecule has 3 rings (SSSR count). The average Bonchev–Trinajstić information content (AvgIpc) is 3.23. The maximum atomic E-state index is 5.92. The van der Waals surface area contributed by atoms with Crippen LogP contribution in [0.2, 0.25) is 0 Å². The number of hydrogen-bond donors (Lipinski definition) is 2. The molecule has 0 spiro atoms. The molecule has 5 nitrogen and oxygen atoms in total. The Morgan fingerprint density at radius 3 is 2.52 bits per heavy atom. The van der Waals surface area contributed by atoms with Crippen molar-refractivity contribution < 1.29 is 9.47 Å². The molecular formula is C22H29N3O2. The molecule has 27 heavy (non-hydrogen) atoms. The van der Waals surface area contributed by atoms with Crippen LogP contribution in [0.3, 0.4) is 0 Å². The highest BCUT2D eigenvalue weighted by Crippen LogP contribution is 2.28. The van der Waals surface area contributed by atoms with Gasteiger partial charge in [0.05, 0.1) is 7.11 Å². The SMILES string of the molecule is CN=C(NCc1ccc(OCc2ccccc2)c(OC)c1)NC1CCCC1. The summed E-state index contributed by atoms with van der Waals surface area (Å²) in [5, 5.41) is 6.88. The lowest BCUT2D eigenvalue weighted by Gasteiger charge is -2.17. The van der Waals surface area contributed by atoms with Gasteiger partial charge in [0.1, 0.15) is 6.61 Å². The minimum absolute atomic E-state index is 0.521. The molecule has 0 bridgehead atoms. The molecular weight excluding hydrogens is 338 g/mol. The van der Waals surface area contributed by atoms with E-state index in [0.29, 0.717) is 19.2 Å². The highest BCUT2D eigenvalue weighted by atomic mass is 16.5. The second-order valence-corrected chi connectivity index (χ2v) is 6.81. The number of hydrogen-bond acceptors (Lipinski definition) is 3. The molecule has 2 aromatic carbocycles. The Kier molecular flexibility index (Phi) is 6.97. The van der Waals surface area contributed by atoms with Crippen LogP contribution in [0.15, 0.2) is 53.5 Å². The predicted octanol–water partition coefficient (Wildman–Crippen LogP) is 3.88. The minimum atomic E-state index is 0.521. The highest BCUT2D eigenvalue weighted by molar-refractivity contribution is 5.80. The standard InChI is InChI=1S/C22H29N3O2/c1-23-22(25-19-10-6-7-11-19)24-15-18-12-13-20(21(14-18)26-2)27-16-17-8-4-3-5-9-17/h3-5,8-9,12-14,19H,6-7,10-11,15-16H2,1-2H3,(H2,23,24,25). The van der Waals surface area contributed by atoms with Gasteiger partial charge in [0.25, 0.3) is 0 Å². The van der Waals surface area contributed by atoms with E-state index in [-0.39, 0.29) is 0 Å². The molecule has 0 saturated heterocycles. The van der Waals surface area contributed by atoms with E-state index in [2.05, 4.69) is 21.7 Å². The van der Waals surface area contributed by atoms with Gasteiger partial charge in [-0.2, -0.15) is 0 Å². The molecule has 1 saturated carbocycles. The fourth-order valence-electron chi connectivity index (χ4n) is 3.32. The van der Waals surface area contributed by atoms with Gasteiger partial charge in [0, 0.05) is 19.6 Å². The number of aliphatic imine (C=N–C) groups is 1. The predicted molar refractivity (Wildman–Crippen MR) is 109 cm³/mol. The van der Waals surface area contributed by atoms with Gasteiger partial charge in [-0.25, -0.2) is 0 Å². The largest absolute Gasteiger partial charge is 0.493 e. The third-order valence-electron chi connectivity index (χ3n) is 4.84. The van der Waals surface area contributed by atoms with Crippen LogP contribution in [0.5, 0.6) is 11.5 Å². The van der Waals surface area contributed by atoms with Gasteiger partial charge in [-0.1, -0.05) is 49.2 Å². The number of guanidine groups is 1. The fraction of sp³-hybridized carbons (Fsp3) is 0.409. The lowest BCUT2D eigenvalue weighted by Crippen LogP contribution is -2.41. The first-order valence-corrected chi connectivity index (χ1v) is 9.59. The van der Waals surface area contributed by atoms with Crippen LogP contribution in [-0.2, 0) is 13.2 Å². The Morgan fingerprint density at radius 2 is 1.81 bits per heavy atom. The molecule has 0 aliphatic heterocycles. The molecule has 1 aliphatic carbocycles. The van der Waals surface area contributed by atoms with E-state index < -0.39 is 0 Å². The van der Waals surface area contributed by atoms with E-state index >= 15 is 0 Å². The number of benzene rings is 2. The van der Waals surface area contributed by atoms with E-state index in [1.807, 2.05) is 49.5 Å². The zero-order valence-electron chi connectivity index (χ0n) is 16.2. The van der Waals surface area contributed by atoms with Crippen LogP contribution in [0.4, 0.5) is 0 Å². The molecule has 1 aliphatic rings.